The normalized spacial score (nSPS) is 10.3. The van der Waals surface area contributed by atoms with Crippen molar-refractivity contribution in [2.75, 3.05) is 0 Å². The average Bonchev–Trinajstić information content (AvgIpc) is 2.38. The smallest absolute Gasteiger partial charge is 0.248 e. The van der Waals surface area contributed by atoms with E-state index in [9.17, 15) is 4.79 Å². The Morgan fingerprint density at radius 1 is 1.28 bits per heavy atom. The van der Waals surface area contributed by atoms with Gasteiger partial charge in [0.25, 0.3) is 0 Å². The standard InChI is InChI=1S/C14H15N3O/c1-3-11-12(14(15)18)5-4-9(2)13(11)10-6-16-8-17-7-10/h4-8H,3H2,1-2H3,(H2,15,18). The number of carbonyl (C=O) groups excluding carboxylic acids is 1. The summed E-state index contributed by atoms with van der Waals surface area (Å²) in [6.45, 7) is 4.01. The van der Waals surface area contributed by atoms with Gasteiger partial charge in [-0.15, -0.1) is 0 Å². The van der Waals surface area contributed by atoms with Gasteiger partial charge < -0.3 is 5.73 Å². The Bertz CT molecular complexity index is 579. The van der Waals surface area contributed by atoms with Crippen LogP contribution >= 0.6 is 0 Å². The molecule has 1 amide bonds. The molecule has 0 saturated heterocycles. The summed E-state index contributed by atoms with van der Waals surface area (Å²) in [5.74, 6) is -0.398. The van der Waals surface area contributed by atoms with E-state index in [1.165, 1.54) is 6.33 Å². The van der Waals surface area contributed by atoms with Crippen molar-refractivity contribution in [1.29, 1.82) is 0 Å². The van der Waals surface area contributed by atoms with E-state index in [2.05, 4.69) is 9.97 Å². The van der Waals surface area contributed by atoms with Crippen molar-refractivity contribution in [3.63, 3.8) is 0 Å². The number of benzene rings is 1. The minimum Gasteiger partial charge on any atom is -0.366 e. The zero-order valence-corrected chi connectivity index (χ0v) is 10.5. The first-order chi connectivity index (χ1) is 8.65. The number of rotatable bonds is 3. The first-order valence-corrected chi connectivity index (χ1v) is 5.82. The molecule has 0 spiro atoms. The van der Waals surface area contributed by atoms with Gasteiger partial charge in [-0.3, -0.25) is 4.79 Å². The Kier molecular flexibility index (Phi) is 3.37. The van der Waals surface area contributed by atoms with E-state index in [0.29, 0.717) is 5.56 Å². The van der Waals surface area contributed by atoms with Gasteiger partial charge in [-0.25, -0.2) is 9.97 Å². The molecule has 0 aliphatic heterocycles. The molecule has 2 rings (SSSR count). The third kappa shape index (κ3) is 2.09. The van der Waals surface area contributed by atoms with Gasteiger partial charge >= 0.3 is 0 Å². The van der Waals surface area contributed by atoms with Crippen LogP contribution in [-0.2, 0) is 6.42 Å². The number of nitrogens with two attached hydrogens (primary N) is 1. The number of hydrogen-bond acceptors (Lipinski definition) is 3. The van der Waals surface area contributed by atoms with Gasteiger partial charge in [-0.1, -0.05) is 13.0 Å². The Balaban J connectivity index is 2.73. The Morgan fingerprint density at radius 2 is 1.94 bits per heavy atom. The molecule has 0 aliphatic carbocycles. The summed E-state index contributed by atoms with van der Waals surface area (Å²) >= 11 is 0. The molecule has 18 heavy (non-hydrogen) atoms. The first kappa shape index (κ1) is 12.2. The maximum atomic E-state index is 11.5. The van der Waals surface area contributed by atoms with Crippen LogP contribution in [0.15, 0.2) is 30.9 Å². The van der Waals surface area contributed by atoms with Crippen molar-refractivity contribution in [2.24, 2.45) is 5.73 Å². The fraction of sp³-hybridized carbons (Fsp3) is 0.214. The SMILES string of the molecule is CCc1c(C(N)=O)ccc(C)c1-c1cncnc1. The summed E-state index contributed by atoms with van der Waals surface area (Å²) in [7, 11) is 0. The first-order valence-electron chi connectivity index (χ1n) is 5.82. The molecule has 92 valence electrons. The molecule has 2 N–H and O–H groups in total. The van der Waals surface area contributed by atoms with E-state index < -0.39 is 5.91 Å². The molecule has 0 unspecified atom stereocenters. The fourth-order valence-electron chi connectivity index (χ4n) is 2.19. The number of carbonyl (C=O) groups is 1. The van der Waals surface area contributed by atoms with Crippen LogP contribution in [0, 0.1) is 6.92 Å². The largest absolute Gasteiger partial charge is 0.366 e. The molecule has 4 heteroatoms. The second-order valence-electron chi connectivity index (χ2n) is 4.13. The highest BCUT2D eigenvalue weighted by Gasteiger charge is 2.15. The van der Waals surface area contributed by atoms with Crippen LogP contribution < -0.4 is 5.73 Å². The zero-order valence-electron chi connectivity index (χ0n) is 10.5. The second kappa shape index (κ2) is 4.96. The Labute approximate surface area is 106 Å². The molecular weight excluding hydrogens is 226 g/mol. The molecule has 1 heterocycles. The number of hydrogen-bond donors (Lipinski definition) is 1. The van der Waals surface area contributed by atoms with Crippen LogP contribution in [0.5, 0.6) is 0 Å². The topological polar surface area (TPSA) is 68.9 Å². The molecule has 1 aromatic carbocycles. The average molecular weight is 241 g/mol. The predicted octanol–water partition coefficient (Wildman–Crippen LogP) is 2.11. The highest BCUT2D eigenvalue weighted by atomic mass is 16.1. The molecule has 0 atom stereocenters. The van der Waals surface area contributed by atoms with E-state index >= 15 is 0 Å². The van der Waals surface area contributed by atoms with Gasteiger partial charge in [0.05, 0.1) is 0 Å². The number of primary amides is 1. The number of nitrogens with zero attached hydrogens (tertiary/aromatic N) is 2. The van der Waals surface area contributed by atoms with E-state index in [4.69, 9.17) is 5.73 Å². The molecule has 0 bridgehead atoms. The second-order valence-corrected chi connectivity index (χ2v) is 4.13. The Hall–Kier alpha value is -2.23. The maximum absolute atomic E-state index is 11.5. The zero-order chi connectivity index (χ0) is 13.1. The quantitative estimate of drug-likeness (QED) is 0.894. The monoisotopic (exact) mass is 241 g/mol. The van der Waals surface area contributed by atoms with E-state index in [0.717, 1.165) is 28.7 Å². The molecule has 0 saturated carbocycles. The van der Waals surface area contributed by atoms with Crippen LogP contribution in [-0.4, -0.2) is 15.9 Å². The van der Waals surface area contributed by atoms with Crippen molar-refractivity contribution < 1.29 is 4.79 Å². The molecule has 0 radical (unpaired) electrons. The van der Waals surface area contributed by atoms with Crippen LogP contribution in [0.4, 0.5) is 0 Å². The van der Waals surface area contributed by atoms with E-state index in [1.54, 1.807) is 18.5 Å². The lowest BCUT2D eigenvalue weighted by atomic mass is 9.91. The molecular formula is C14H15N3O. The maximum Gasteiger partial charge on any atom is 0.248 e. The highest BCUT2D eigenvalue weighted by molar-refractivity contribution is 5.96. The van der Waals surface area contributed by atoms with Crippen LogP contribution in [0.2, 0.25) is 0 Å². The van der Waals surface area contributed by atoms with E-state index in [1.807, 2.05) is 19.9 Å². The third-order valence-corrected chi connectivity index (χ3v) is 2.99. The summed E-state index contributed by atoms with van der Waals surface area (Å²) in [6, 6.07) is 3.69. The minimum atomic E-state index is -0.398. The summed E-state index contributed by atoms with van der Waals surface area (Å²) in [4.78, 5) is 19.5. The summed E-state index contributed by atoms with van der Waals surface area (Å²) < 4.78 is 0. The van der Waals surface area contributed by atoms with Crippen molar-refractivity contribution >= 4 is 5.91 Å². The molecule has 4 nitrogen and oxygen atoms in total. The predicted molar refractivity (Wildman–Crippen MR) is 70.1 cm³/mol. The fourth-order valence-corrected chi connectivity index (χ4v) is 2.19. The van der Waals surface area contributed by atoms with Gasteiger partial charge in [0.2, 0.25) is 5.91 Å². The highest BCUT2D eigenvalue weighted by Crippen LogP contribution is 2.29. The van der Waals surface area contributed by atoms with E-state index in [-0.39, 0.29) is 0 Å². The van der Waals surface area contributed by atoms with Gasteiger partial charge in [0, 0.05) is 23.5 Å². The lowest BCUT2D eigenvalue weighted by molar-refractivity contribution is 0.0999. The molecule has 0 fully saturated rings. The lowest BCUT2D eigenvalue weighted by Gasteiger charge is -2.14. The van der Waals surface area contributed by atoms with Gasteiger partial charge in [0.1, 0.15) is 6.33 Å². The lowest BCUT2D eigenvalue weighted by Crippen LogP contribution is -2.14. The number of aryl methyl sites for hydroxylation is 1. The minimum absolute atomic E-state index is 0.398. The van der Waals surface area contributed by atoms with Crippen LogP contribution in [0.1, 0.15) is 28.4 Å². The van der Waals surface area contributed by atoms with Gasteiger partial charge in [-0.05, 0) is 36.1 Å². The third-order valence-electron chi connectivity index (χ3n) is 2.99. The number of amides is 1. The van der Waals surface area contributed by atoms with Crippen molar-refractivity contribution in [2.45, 2.75) is 20.3 Å². The van der Waals surface area contributed by atoms with Gasteiger partial charge in [-0.2, -0.15) is 0 Å². The summed E-state index contributed by atoms with van der Waals surface area (Å²) in [6.07, 6.45) is 5.73. The number of aromatic nitrogens is 2. The van der Waals surface area contributed by atoms with Gasteiger partial charge in [0.15, 0.2) is 0 Å². The molecule has 0 aliphatic rings. The van der Waals surface area contributed by atoms with Crippen molar-refractivity contribution in [1.82, 2.24) is 9.97 Å². The van der Waals surface area contributed by atoms with Crippen molar-refractivity contribution in [3.8, 4) is 11.1 Å². The summed E-state index contributed by atoms with van der Waals surface area (Å²) in [5.41, 5.74) is 9.95. The summed E-state index contributed by atoms with van der Waals surface area (Å²) in [5, 5.41) is 0. The van der Waals surface area contributed by atoms with Crippen LogP contribution in [0.25, 0.3) is 11.1 Å². The Morgan fingerprint density at radius 3 is 2.50 bits per heavy atom. The molecule has 1 aromatic heterocycles. The molecule has 2 aromatic rings. The van der Waals surface area contributed by atoms with Crippen LogP contribution in [0.3, 0.4) is 0 Å². The van der Waals surface area contributed by atoms with Crippen molar-refractivity contribution in [3.05, 3.63) is 47.5 Å².